The molecule has 1 amide bonds. The number of ether oxygens (including phenoxy) is 1. The van der Waals surface area contributed by atoms with Crippen LogP contribution in [0.3, 0.4) is 0 Å². The lowest BCUT2D eigenvalue weighted by atomic mass is 10.1. The van der Waals surface area contributed by atoms with Gasteiger partial charge in [-0.1, -0.05) is 11.6 Å². The fraction of sp³-hybridized carbons (Fsp3) is 0.381. The molecule has 0 aliphatic carbocycles. The van der Waals surface area contributed by atoms with Crippen LogP contribution >= 0.6 is 11.6 Å². The van der Waals surface area contributed by atoms with Crippen molar-refractivity contribution in [1.82, 2.24) is 19.5 Å². The number of aromatic nitrogens is 3. The molecule has 0 radical (unpaired) electrons. The van der Waals surface area contributed by atoms with E-state index >= 15 is 0 Å². The molecule has 1 saturated heterocycles. The van der Waals surface area contributed by atoms with Crippen molar-refractivity contribution in [2.75, 3.05) is 13.2 Å². The van der Waals surface area contributed by atoms with Gasteiger partial charge >= 0.3 is 0 Å². The van der Waals surface area contributed by atoms with Gasteiger partial charge in [-0.2, -0.15) is 5.10 Å². The van der Waals surface area contributed by atoms with Gasteiger partial charge in [0, 0.05) is 18.2 Å². The molecular weight excluding hydrogens is 427 g/mol. The summed E-state index contributed by atoms with van der Waals surface area (Å²) in [6.07, 6.45) is 0.644. The summed E-state index contributed by atoms with van der Waals surface area (Å²) in [6.45, 7) is 5.59. The van der Waals surface area contributed by atoms with Gasteiger partial charge in [0.15, 0.2) is 5.65 Å². The summed E-state index contributed by atoms with van der Waals surface area (Å²) in [5, 5.41) is 23.5. The van der Waals surface area contributed by atoms with Gasteiger partial charge in [0.1, 0.15) is 11.6 Å². The van der Waals surface area contributed by atoms with Crippen molar-refractivity contribution in [3.05, 3.63) is 57.2 Å². The molecule has 0 spiro atoms. The highest BCUT2D eigenvalue weighted by atomic mass is 35.5. The number of halogens is 2. The van der Waals surface area contributed by atoms with Gasteiger partial charge in [0.2, 0.25) is 0 Å². The number of aliphatic hydroxyl groups excluding tert-OH is 1. The Bertz CT molecular complexity index is 1160. The summed E-state index contributed by atoms with van der Waals surface area (Å²) in [7, 11) is 0. The molecule has 2 aliphatic heterocycles. The third kappa shape index (κ3) is 4.08. The zero-order valence-electron chi connectivity index (χ0n) is 17.1. The zero-order chi connectivity index (χ0) is 22.3. The maximum Gasteiger partial charge on any atom is 0.258 e. The number of aromatic hydroxyl groups is 1. The third-order valence-corrected chi connectivity index (χ3v) is 5.89. The molecule has 1 aromatic carbocycles. The van der Waals surface area contributed by atoms with Crippen LogP contribution in [-0.2, 0) is 17.8 Å². The molecule has 1 atom stereocenters. The van der Waals surface area contributed by atoms with Crippen molar-refractivity contribution >= 4 is 23.2 Å². The number of aryl methyl sites for hydroxylation is 2. The van der Waals surface area contributed by atoms with Crippen LogP contribution in [0.2, 0.25) is 5.02 Å². The standard InChI is InChI=1S/C17H14ClFN4O2.C4H8O2/c1-8-15(18)9(2)23-16(20-8)12-6-22(7-13(12)21-23)17(25)11-4-3-10(19)5-14(11)24;5-4-1-2-6-3-4/h3-5,24H,6-7H2,1-2H3;4-5H,1-3H2. The van der Waals surface area contributed by atoms with Gasteiger partial charge in [-0.25, -0.2) is 13.9 Å². The zero-order valence-corrected chi connectivity index (χ0v) is 17.9. The Morgan fingerprint density at radius 3 is 2.71 bits per heavy atom. The lowest BCUT2D eigenvalue weighted by Gasteiger charge is -2.16. The molecule has 2 N–H and O–H groups in total. The lowest BCUT2D eigenvalue weighted by molar-refractivity contribution is 0.0746. The predicted octanol–water partition coefficient (Wildman–Crippen LogP) is 2.77. The van der Waals surface area contributed by atoms with Crippen LogP contribution in [0.15, 0.2) is 18.2 Å². The first kappa shape index (κ1) is 21.5. The van der Waals surface area contributed by atoms with Crippen molar-refractivity contribution in [3.8, 4) is 5.75 Å². The molecule has 2 aromatic heterocycles. The summed E-state index contributed by atoms with van der Waals surface area (Å²) in [5.74, 6) is -1.35. The number of carbonyl (C=O) groups excluding carboxylic acids is 1. The number of phenolic OH excluding ortho intramolecular Hbond substituents is 1. The minimum Gasteiger partial charge on any atom is -0.507 e. The van der Waals surface area contributed by atoms with Crippen molar-refractivity contribution in [3.63, 3.8) is 0 Å². The van der Waals surface area contributed by atoms with E-state index in [1.165, 1.54) is 6.07 Å². The number of nitrogens with zero attached hydrogens (tertiary/aromatic N) is 4. The van der Waals surface area contributed by atoms with Gasteiger partial charge in [0.25, 0.3) is 5.91 Å². The van der Waals surface area contributed by atoms with Crippen molar-refractivity contribution < 1.29 is 24.1 Å². The molecule has 8 nitrogen and oxygen atoms in total. The van der Waals surface area contributed by atoms with E-state index in [0.29, 0.717) is 36.1 Å². The first-order valence-corrected chi connectivity index (χ1v) is 10.2. The Labute approximate surface area is 182 Å². The van der Waals surface area contributed by atoms with Crippen LogP contribution < -0.4 is 0 Å². The topological polar surface area (TPSA) is 100 Å². The summed E-state index contributed by atoms with van der Waals surface area (Å²) >= 11 is 6.22. The normalized spacial score (nSPS) is 17.6. The van der Waals surface area contributed by atoms with E-state index < -0.39 is 5.82 Å². The number of rotatable bonds is 1. The molecule has 164 valence electrons. The second kappa shape index (κ2) is 8.41. The largest absolute Gasteiger partial charge is 0.507 e. The average Bonchev–Trinajstić information content (AvgIpc) is 3.43. The molecule has 1 fully saturated rings. The van der Waals surface area contributed by atoms with Gasteiger partial charge in [0.05, 0.1) is 53.5 Å². The number of aliphatic hydroxyl groups is 1. The van der Waals surface area contributed by atoms with E-state index in [1.807, 2.05) is 13.8 Å². The molecule has 4 heterocycles. The minimum atomic E-state index is -0.594. The number of amides is 1. The molecule has 0 saturated carbocycles. The van der Waals surface area contributed by atoms with Crippen molar-refractivity contribution in [1.29, 1.82) is 0 Å². The monoisotopic (exact) mass is 448 g/mol. The third-order valence-electron chi connectivity index (χ3n) is 5.34. The van der Waals surface area contributed by atoms with E-state index in [9.17, 15) is 14.3 Å². The Morgan fingerprint density at radius 1 is 1.32 bits per heavy atom. The van der Waals surface area contributed by atoms with Crippen LogP contribution in [0.1, 0.15) is 39.4 Å². The molecule has 5 rings (SSSR count). The average molecular weight is 449 g/mol. The summed E-state index contributed by atoms with van der Waals surface area (Å²) in [4.78, 5) is 18.7. The smallest absolute Gasteiger partial charge is 0.258 e. The second-order valence-electron chi connectivity index (χ2n) is 7.60. The molecule has 31 heavy (non-hydrogen) atoms. The SMILES string of the molecule is Cc1nc2c3c(nn2c(C)c1Cl)CN(C(=O)c1ccc(F)cc1O)C3.OC1CCOC1. The minimum absolute atomic E-state index is 0.0619. The summed E-state index contributed by atoms with van der Waals surface area (Å²) in [6, 6.07) is 3.36. The van der Waals surface area contributed by atoms with Crippen LogP contribution in [0.25, 0.3) is 5.65 Å². The van der Waals surface area contributed by atoms with Gasteiger partial charge in [-0.3, -0.25) is 4.79 Å². The van der Waals surface area contributed by atoms with Gasteiger partial charge in [-0.05, 0) is 32.4 Å². The van der Waals surface area contributed by atoms with Gasteiger partial charge < -0.3 is 19.8 Å². The number of hydrogen-bond donors (Lipinski definition) is 2. The molecule has 10 heteroatoms. The van der Waals surface area contributed by atoms with E-state index in [2.05, 4.69) is 10.1 Å². The Kier molecular flexibility index (Phi) is 5.83. The summed E-state index contributed by atoms with van der Waals surface area (Å²) < 4.78 is 19.6. The Morgan fingerprint density at radius 2 is 2.10 bits per heavy atom. The molecule has 0 bridgehead atoms. The molecule has 1 unspecified atom stereocenters. The first-order chi connectivity index (χ1) is 14.8. The Balaban J connectivity index is 0.000000334. The van der Waals surface area contributed by atoms with Crippen LogP contribution in [0.4, 0.5) is 4.39 Å². The maximum atomic E-state index is 13.1. The van der Waals surface area contributed by atoms with Gasteiger partial charge in [-0.15, -0.1) is 0 Å². The van der Waals surface area contributed by atoms with E-state index in [1.54, 1.807) is 9.42 Å². The first-order valence-electron chi connectivity index (χ1n) is 9.83. The second-order valence-corrected chi connectivity index (χ2v) is 7.98. The Hall–Kier alpha value is -2.75. The molecular formula is C21H22ClFN4O4. The fourth-order valence-electron chi connectivity index (χ4n) is 3.63. The molecule has 2 aliphatic rings. The van der Waals surface area contributed by atoms with Crippen LogP contribution in [-0.4, -0.2) is 54.9 Å². The summed E-state index contributed by atoms with van der Waals surface area (Å²) in [5.41, 5.74) is 3.84. The van der Waals surface area contributed by atoms with Crippen LogP contribution in [0, 0.1) is 19.7 Å². The number of fused-ring (bicyclic) bond motifs is 3. The highest BCUT2D eigenvalue weighted by Gasteiger charge is 2.31. The van der Waals surface area contributed by atoms with Crippen LogP contribution in [0.5, 0.6) is 5.75 Å². The highest BCUT2D eigenvalue weighted by Crippen LogP contribution is 2.31. The molecule has 3 aromatic rings. The fourth-order valence-corrected chi connectivity index (χ4v) is 3.76. The number of phenols is 1. The highest BCUT2D eigenvalue weighted by molar-refractivity contribution is 6.31. The maximum absolute atomic E-state index is 13.1. The van der Waals surface area contributed by atoms with E-state index in [4.69, 9.17) is 21.4 Å². The number of benzene rings is 1. The van der Waals surface area contributed by atoms with Crippen molar-refractivity contribution in [2.45, 2.75) is 39.5 Å². The van der Waals surface area contributed by atoms with E-state index in [0.717, 1.165) is 42.1 Å². The predicted molar refractivity (Wildman–Crippen MR) is 111 cm³/mol. The van der Waals surface area contributed by atoms with Crippen molar-refractivity contribution in [2.24, 2.45) is 0 Å². The lowest BCUT2D eigenvalue weighted by Crippen LogP contribution is -2.26. The number of carbonyl (C=O) groups is 1. The quantitative estimate of drug-likeness (QED) is 0.593. The van der Waals surface area contributed by atoms with E-state index in [-0.39, 0.29) is 23.3 Å². The number of hydrogen-bond acceptors (Lipinski definition) is 6.